The van der Waals surface area contributed by atoms with Crippen LogP contribution in [0.1, 0.15) is 31.9 Å². The van der Waals surface area contributed by atoms with Crippen LogP contribution in [-0.2, 0) is 9.84 Å². The van der Waals surface area contributed by atoms with Crippen LogP contribution in [0.25, 0.3) is 0 Å². The van der Waals surface area contributed by atoms with Crippen LogP contribution in [0.5, 0.6) is 0 Å². The maximum atomic E-state index is 11.6. The van der Waals surface area contributed by atoms with Crippen LogP contribution in [0.4, 0.5) is 0 Å². The van der Waals surface area contributed by atoms with Gasteiger partial charge in [-0.25, -0.2) is 8.42 Å². The Labute approximate surface area is 205 Å². The van der Waals surface area contributed by atoms with Crippen molar-refractivity contribution in [2.24, 2.45) is 4.99 Å². The van der Waals surface area contributed by atoms with E-state index >= 15 is 0 Å². The number of rotatable bonds is 7. The summed E-state index contributed by atoms with van der Waals surface area (Å²) in [4.78, 5) is 12.0. The zero-order chi connectivity index (χ0) is 21.4. The maximum absolute atomic E-state index is 11.6. The predicted octanol–water partition coefficient (Wildman–Crippen LogP) is 2.07. The lowest BCUT2D eigenvalue weighted by atomic mass is 10.0. The van der Waals surface area contributed by atoms with Gasteiger partial charge in [-0.15, -0.1) is 24.0 Å². The fourth-order valence-corrected chi connectivity index (χ4v) is 5.60. The van der Waals surface area contributed by atoms with Crippen molar-refractivity contribution in [3.05, 3.63) is 35.9 Å². The summed E-state index contributed by atoms with van der Waals surface area (Å²) >= 11 is 0. The third-order valence-corrected chi connectivity index (χ3v) is 7.68. The Bertz CT molecular complexity index is 768. The molecule has 0 radical (unpaired) electrons. The fourth-order valence-electron chi connectivity index (χ4n) is 4.32. The second-order valence-corrected chi connectivity index (χ2v) is 10.4. The predicted molar refractivity (Wildman–Crippen MR) is 139 cm³/mol. The molecule has 2 fully saturated rings. The van der Waals surface area contributed by atoms with Gasteiger partial charge >= 0.3 is 0 Å². The van der Waals surface area contributed by atoms with Crippen LogP contribution >= 0.6 is 24.0 Å². The largest absolute Gasteiger partial charge is 0.357 e. The van der Waals surface area contributed by atoms with Crippen LogP contribution in [0.2, 0.25) is 0 Å². The summed E-state index contributed by atoms with van der Waals surface area (Å²) in [7, 11) is -2.82. The molecule has 1 unspecified atom stereocenters. The van der Waals surface area contributed by atoms with E-state index in [0.717, 1.165) is 51.6 Å². The number of nitrogens with one attached hydrogen (secondary N) is 1. The van der Waals surface area contributed by atoms with Gasteiger partial charge in [-0.2, -0.15) is 0 Å². The van der Waals surface area contributed by atoms with Gasteiger partial charge < -0.3 is 10.2 Å². The molecule has 2 aliphatic rings. The van der Waals surface area contributed by atoms with E-state index in [1.165, 1.54) is 5.56 Å². The van der Waals surface area contributed by atoms with E-state index in [4.69, 9.17) is 4.99 Å². The van der Waals surface area contributed by atoms with Crippen molar-refractivity contribution in [3.63, 3.8) is 0 Å². The molecule has 0 aromatic heterocycles. The Kier molecular flexibility index (Phi) is 11.0. The first-order chi connectivity index (χ1) is 14.5. The van der Waals surface area contributed by atoms with Crippen molar-refractivity contribution in [1.82, 2.24) is 20.0 Å². The first-order valence-corrected chi connectivity index (χ1v) is 13.1. The third-order valence-electron chi connectivity index (χ3n) is 6.08. The van der Waals surface area contributed by atoms with Crippen molar-refractivity contribution in [2.75, 3.05) is 70.4 Å². The van der Waals surface area contributed by atoms with Crippen molar-refractivity contribution in [2.45, 2.75) is 26.3 Å². The molecule has 2 heterocycles. The SMILES string of the molecule is CCNC(=NCCN1CCS(=O)(=O)CC1)N1CCN(C(CC)c2ccccc2)CC1.I. The molecule has 0 aliphatic carbocycles. The van der Waals surface area contributed by atoms with E-state index in [2.05, 4.69) is 64.2 Å². The number of guanidine groups is 1. The van der Waals surface area contributed by atoms with Gasteiger partial charge in [-0.1, -0.05) is 37.3 Å². The van der Waals surface area contributed by atoms with Crippen LogP contribution in [0.15, 0.2) is 35.3 Å². The Morgan fingerprint density at radius 3 is 2.26 bits per heavy atom. The quantitative estimate of drug-likeness (QED) is 0.312. The van der Waals surface area contributed by atoms with Crippen molar-refractivity contribution >= 4 is 39.8 Å². The van der Waals surface area contributed by atoms with Crippen LogP contribution in [0, 0.1) is 0 Å². The maximum Gasteiger partial charge on any atom is 0.194 e. The highest BCUT2D eigenvalue weighted by molar-refractivity contribution is 14.0. The van der Waals surface area contributed by atoms with E-state index < -0.39 is 9.84 Å². The van der Waals surface area contributed by atoms with Crippen molar-refractivity contribution < 1.29 is 8.42 Å². The van der Waals surface area contributed by atoms with E-state index in [1.54, 1.807) is 0 Å². The monoisotopic (exact) mass is 563 g/mol. The number of benzene rings is 1. The lowest BCUT2D eigenvalue weighted by molar-refractivity contribution is 0.127. The molecule has 7 nitrogen and oxygen atoms in total. The Balaban J connectivity index is 0.00000341. The average Bonchev–Trinajstić information content (AvgIpc) is 2.76. The minimum absolute atomic E-state index is 0. The van der Waals surface area contributed by atoms with Gasteiger partial charge in [0.1, 0.15) is 0 Å². The van der Waals surface area contributed by atoms with Crippen molar-refractivity contribution in [3.8, 4) is 0 Å². The molecule has 176 valence electrons. The smallest absolute Gasteiger partial charge is 0.194 e. The highest BCUT2D eigenvalue weighted by Crippen LogP contribution is 2.25. The zero-order valence-electron chi connectivity index (χ0n) is 18.9. The van der Waals surface area contributed by atoms with Gasteiger partial charge in [-0.3, -0.25) is 14.8 Å². The van der Waals surface area contributed by atoms with Gasteiger partial charge in [0.15, 0.2) is 15.8 Å². The normalized spacial score (nSPS) is 21.4. The van der Waals surface area contributed by atoms with Gasteiger partial charge in [0.25, 0.3) is 0 Å². The molecule has 0 saturated carbocycles. The van der Waals surface area contributed by atoms with Crippen LogP contribution < -0.4 is 5.32 Å². The van der Waals surface area contributed by atoms with E-state index in [9.17, 15) is 8.42 Å². The molecule has 1 aromatic carbocycles. The molecule has 2 aliphatic heterocycles. The Hall–Kier alpha value is -0.910. The summed E-state index contributed by atoms with van der Waals surface area (Å²) in [6.07, 6.45) is 1.11. The van der Waals surface area contributed by atoms with E-state index in [1.807, 2.05) is 0 Å². The summed E-state index contributed by atoms with van der Waals surface area (Å²) in [5.41, 5.74) is 1.40. The topological polar surface area (TPSA) is 68.2 Å². The number of hydrogen-bond acceptors (Lipinski definition) is 5. The summed E-state index contributed by atoms with van der Waals surface area (Å²) in [5, 5.41) is 3.44. The third kappa shape index (κ3) is 7.87. The fraction of sp³-hybridized carbons (Fsp3) is 0.682. The Morgan fingerprint density at radius 2 is 1.68 bits per heavy atom. The minimum Gasteiger partial charge on any atom is -0.357 e. The molecule has 2 saturated heterocycles. The number of nitrogens with zero attached hydrogens (tertiary/aromatic N) is 4. The average molecular weight is 564 g/mol. The van der Waals surface area contributed by atoms with E-state index in [-0.39, 0.29) is 35.5 Å². The zero-order valence-corrected chi connectivity index (χ0v) is 22.0. The number of piperazine rings is 1. The van der Waals surface area contributed by atoms with Gasteiger partial charge in [0.2, 0.25) is 0 Å². The summed E-state index contributed by atoms with van der Waals surface area (Å²) in [5.74, 6) is 1.53. The van der Waals surface area contributed by atoms with Gasteiger partial charge in [0.05, 0.1) is 18.1 Å². The number of aliphatic imine (C=N–C) groups is 1. The number of sulfone groups is 1. The molecule has 0 bridgehead atoms. The number of hydrogen-bond donors (Lipinski definition) is 1. The Morgan fingerprint density at radius 1 is 1.03 bits per heavy atom. The lowest BCUT2D eigenvalue weighted by Gasteiger charge is -2.40. The second-order valence-electron chi connectivity index (χ2n) is 8.09. The molecule has 3 rings (SSSR count). The van der Waals surface area contributed by atoms with Crippen molar-refractivity contribution in [1.29, 1.82) is 0 Å². The molecular weight excluding hydrogens is 525 g/mol. The number of halogens is 1. The van der Waals surface area contributed by atoms with Gasteiger partial charge in [-0.05, 0) is 18.9 Å². The minimum atomic E-state index is -2.82. The van der Waals surface area contributed by atoms with Crippen LogP contribution in [0.3, 0.4) is 0 Å². The molecule has 1 aromatic rings. The molecular formula is C22H38IN5O2S. The summed E-state index contributed by atoms with van der Waals surface area (Å²) in [6, 6.07) is 11.3. The molecule has 1 N–H and O–H groups in total. The molecule has 31 heavy (non-hydrogen) atoms. The first kappa shape index (κ1) is 26.3. The van der Waals surface area contributed by atoms with E-state index in [0.29, 0.717) is 25.7 Å². The summed E-state index contributed by atoms with van der Waals surface area (Å²) < 4.78 is 23.2. The summed E-state index contributed by atoms with van der Waals surface area (Å²) in [6.45, 7) is 12.0. The molecule has 1 atom stereocenters. The highest BCUT2D eigenvalue weighted by Gasteiger charge is 2.25. The molecule has 0 spiro atoms. The molecule has 0 amide bonds. The standard InChI is InChI=1S/C22H37N5O2S.HI/c1-3-21(20-8-6-5-7-9-20)26-12-14-27(15-13-26)22(23-4-2)24-10-11-25-16-18-30(28,29)19-17-25;/h5-9,21H,3-4,10-19H2,1-2H3,(H,23,24);1H. The lowest BCUT2D eigenvalue weighted by Crippen LogP contribution is -2.53. The molecule has 9 heteroatoms. The van der Waals surface area contributed by atoms with Gasteiger partial charge in [0, 0.05) is 58.4 Å². The first-order valence-electron chi connectivity index (χ1n) is 11.3. The highest BCUT2D eigenvalue weighted by atomic mass is 127. The van der Waals surface area contributed by atoms with Crippen LogP contribution in [-0.4, -0.2) is 99.5 Å². The second kappa shape index (κ2) is 13.0.